The van der Waals surface area contributed by atoms with Crippen molar-refractivity contribution < 1.29 is 4.74 Å². The van der Waals surface area contributed by atoms with Crippen LogP contribution in [0.3, 0.4) is 0 Å². The average molecular weight is 388 g/mol. The van der Waals surface area contributed by atoms with Crippen molar-refractivity contribution in [2.24, 2.45) is 0 Å². The monoisotopic (exact) mass is 387 g/mol. The highest BCUT2D eigenvalue weighted by molar-refractivity contribution is 6.42. The maximum atomic E-state index is 6.18. The highest BCUT2D eigenvalue weighted by Gasteiger charge is 2.23. The smallest absolute Gasteiger partial charge is 0.133 e. The molecule has 1 aromatic heterocycles. The second kappa shape index (κ2) is 7.22. The number of aromatic nitrogens is 2. The molecule has 0 saturated heterocycles. The molecule has 2 aromatic carbocycles. The third-order valence-corrected chi connectivity index (χ3v) is 5.43. The summed E-state index contributed by atoms with van der Waals surface area (Å²) in [6.07, 6.45) is 2.83. The van der Waals surface area contributed by atoms with Crippen molar-refractivity contribution in [2.75, 3.05) is 19.0 Å². The summed E-state index contributed by atoms with van der Waals surface area (Å²) in [5.74, 6) is 1.94. The predicted octanol–water partition coefficient (Wildman–Crippen LogP) is 4.94. The van der Waals surface area contributed by atoms with Crippen molar-refractivity contribution in [3.05, 3.63) is 69.3 Å². The summed E-state index contributed by atoms with van der Waals surface area (Å²) in [6, 6.07) is 13.8. The molecule has 0 atom stereocenters. The van der Waals surface area contributed by atoms with Crippen LogP contribution in [-0.4, -0.2) is 23.4 Å². The zero-order valence-electron chi connectivity index (χ0n) is 14.4. The first-order valence-electron chi connectivity index (χ1n) is 8.58. The minimum absolute atomic E-state index is 0.534. The van der Waals surface area contributed by atoms with E-state index in [4.69, 9.17) is 33.0 Å². The lowest BCUT2D eigenvalue weighted by atomic mass is 10.1. The van der Waals surface area contributed by atoms with Gasteiger partial charge in [-0.05, 0) is 55.2 Å². The number of ether oxygens (including phenoxy) is 1. The van der Waals surface area contributed by atoms with E-state index in [1.165, 1.54) is 11.1 Å². The lowest BCUT2D eigenvalue weighted by molar-refractivity contribution is 0.414. The Morgan fingerprint density at radius 1 is 1.08 bits per heavy atom. The van der Waals surface area contributed by atoms with Gasteiger partial charge >= 0.3 is 0 Å². The highest BCUT2D eigenvalue weighted by Crippen LogP contribution is 2.32. The van der Waals surface area contributed by atoms with Gasteiger partial charge < -0.3 is 10.1 Å². The van der Waals surface area contributed by atoms with Crippen molar-refractivity contribution >= 4 is 29.0 Å². The van der Waals surface area contributed by atoms with Gasteiger partial charge in [0, 0.05) is 12.1 Å². The van der Waals surface area contributed by atoms with Gasteiger partial charge in [-0.1, -0.05) is 35.3 Å². The molecule has 0 amide bonds. The molecular weight excluding hydrogens is 369 g/mol. The van der Waals surface area contributed by atoms with Gasteiger partial charge in [-0.15, -0.1) is 0 Å². The van der Waals surface area contributed by atoms with Crippen LogP contribution in [0.25, 0.3) is 5.69 Å². The quantitative estimate of drug-likeness (QED) is 0.673. The number of halogens is 2. The third kappa shape index (κ3) is 3.27. The van der Waals surface area contributed by atoms with E-state index in [2.05, 4.69) is 17.4 Å². The second-order valence-electron chi connectivity index (χ2n) is 6.31. The Kier molecular flexibility index (Phi) is 4.79. The Balaban J connectivity index is 1.60. The molecule has 0 spiro atoms. The number of methoxy groups -OCH3 is 1. The summed E-state index contributed by atoms with van der Waals surface area (Å²) >= 11 is 12.2. The highest BCUT2D eigenvalue weighted by atomic mass is 35.5. The number of aryl methyl sites for hydroxylation is 2. The van der Waals surface area contributed by atoms with E-state index in [1.807, 2.05) is 28.9 Å². The van der Waals surface area contributed by atoms with Gasteiger partial charge in [0.1, 0.15) is 11.6 Å². The molecule has 1 aliphatic rings. The van der Waals surface area contributed by atoms with Crippen LogP contribution in [0.15, 0.2) is 42.5 Å². The molecule has 1 N–H and O–H groups in total. The Bertz CT molecular complexity index is 935. The van der Waals surface area contributed by atoms with Crippen molar-refractivity contribution in [1.82, 2.24) is 9.78 Å². The number of nitrogens with one attached hydrogen (secondary N) is 1. The minimum Gasteiger partial charge on any atom is -0.497 e. The van der Waals surface area contributed by atoms with E-state index in [0.717, 1.165) is 48.8 Å². The van der Waals surface area contributed by atoms with Crippen LogP contribution >= 0.6 is 23.2 Å². The van der Waals surface area contributed by atoms with E-state index in [0.29, 0.717) is 10.0 Å². The molecular formula is C20H19Cl2N3O. The first-order chi connectivity index (χ1) is 12.7. The molecule has 3 aromatic rings. The van der Waals surface area contributed by atoms with Gasteiger partial charge in [0.15, 0.2) is 0 Å². The van der Waals surface area contributed by atoms with Crippen LogP contribution in [0.1, 0.15) is 16.8 Å². The summed E-state index contributed by atoms with van der Waals surface area (Å²) in [5, 5.41) is 9.37. The Labute approximate surface area is 162 Å². The first-order valence-corrected chi connectivity index (χ1v) is 9.34. The van der Waals surface area contributed by atoms with Gasteiger partial charge in [-0.2, -0.15) is 5.10 Å². The molecule has 0 aliphatic carbocycles. The Morgan fingerprint density at radius 2 is 1.88 bits per heavy atom. The fourth-order valence-corrected chi connectivity index (χ4v) is 3.60. The third-order valence-electron chi connectivity index (χ3n) is 4.69. The van der Waals surface area contributed by atoms with E-state index < -0.39 is 0 Å². The normalized spacial score (nSPS) is 12.7. The molecule has 6 heteroatoms. The summed E-state index contributed by atoms with van der Waals surface area (Å²) in [5.41, 5.74) is 4.62. The fourth-order valence-electron chi connectivity index (χ4n) is 3.31. The van der Waals surface area contributed by atoms with Crippen LogP contribution in [0.2, 0.25) is 10.0 Å². The van der Waals surface area contributed by atoms with Crippen molar-refractivity contribution in [2.45, 2.75) is 19.3 Å². The van der Waals surface area contributed by atoms with Crippen molar-refractivity contribution in [3.8, 4) is 11.4 Å². The lowest BCUT2D eigenvalue weighted by Crippen LogP contribution is -2.05. The van der Waals surface area contributed by atoms with Gasteiger partial charge in [0.25, 0.3) is 0 Å². The first kappa shape index (κ1) is 17.3. The SMILES string of the molecule is COc1ccc(CCc2nn(-c3ccc(Cl)c(Cl)c3)c3c2CCN3)cc1. The number of anilines is 1. The maximum Gasteiger partial charge on any atom is 0.133 e. The van der Waals surface area contributed by atoms with E-state index in [1.54, 1.807) is 13.2 Å². The minimum atomic E-state index is 0.534. The molecule has 0 radical (unpaired) electrons. The van der Waals surface area contributed by atoms with Crippen LogP contribution in [-0.2, 0) is 19.3 Å². The molecule has 0 bridgehead atoms. The van der Waals surface area contributed by atoms with E-state index >= 15 is 0 Å². The standard InChI is InChI=1S/C20H19Cl2N3O/c1-26-15-6-2-13(3-7-15)4-9-19-16-10-11-23-20(16)25(24-19)14-5-8-17(21)18(22)12-14/h2-3,5-8,12,23H,4,9-11H2,1H3. The van der Waals surface area contributed by atoms with Crippen LogP contribution in [0, 0.1) is 0 Å². The Hall–Kier alpha value is -2.17. The number of rotatable bonds is 5. The molecule has 134 valence electrons. The number of nitrogens with zero attached hydrogens (tertiary/aromatic N) is 2. The van der Waals surface area contributed by atoms with Gasteiger partial charge in [0.05, 0.1) is 28.5 Å². The van der Waals surface area contributed by atoms with Crippen molar-refractivity contribution in [3.63, 3.8) is 0 Å². The molecule has 0 fully saturated rings. The van der Waals surface area contributed by atoms with Crippen LogP contribution < -0.4 is 10.1 Å². The summed E-state index contributed by atoms with van der Waals surface area (Å²) < 4.78 is 7.16. The lowest BCUT2D eigenvalue weighted by Gasteiger charge is -2.07. The Morgan fingerprint density at radius 3 is 2.62 bits per heavy atom. The topological polar surface area (TPSA) is 39.1 Å². The van der Waals surface area contributed by atoms with Gasteiger partial charge in [-0.3, -0.25) is 0 Å². The molecule has 0 saturated carbocycles. The summed E-state index contributed by atoms with van der Waals surface area (Å²) in [4.78, 5) is 0. The fraction of sp³-hybridized carbons (Fsp3) is 0.250. The summed E-state index contributed by atoms with van der Waals surface area (Å²) in [6.45, 7) is 0.935. The zero-order valence-corrected chi connectivity index (χ0v) is 15.9. The van der Waals surface area contributed by atoms with E-state index in [-0.39, 0.29) is 0 Å². The number of benzene rings is 2. The molecule has 0 unspecified atom stereocenters. The van der Waals surface area contributed by atoms with Gasteiger partial charge in [0.2, 0.25) is 0 Å². The van der Waals surface area contributed by atoms with Gasteiger partial charge in [-0.25, -0.2) is 4.68 Å². The molecule has 4 rings (SSSR count). The predicted molar refractivity (Wildman–Crippen MR) is 106 cm³/mol. The maximum absolute atomic E-state index is 6.18. The summed E-state index contributed by atoms with van der Waals surface area (Å²) in [7, 11) is 1.68. The molecule has 4 nitrogen and oxygen atoms in total. The zero-order chi connectivity index (χ0) is 18.1. The second-order valence-corrected chi connectivity index (χ2v) is 7.12. The largest absolute Gasteiger partial charge is 0.497 e. The number of hydrogen-bond donors (Lipinski definition) is 1. The average Bonchev–Trinajstić information content (AvgIpc) is 3.26. The number of hydrogen-bond acceptors (Lipinski definition) is 3. The number of fused-ring (bicyclic) bond motifs is 1. The van der Waals surface area contributed by atoms with Crippen LogP contribution in [0.5, 0.6) is 5.75 Å². The molecule has 2 heterocycles. The van der Waals surface area contributed by atoms with Crippen LogP contribution in [0.4, 0.5) is 5.82 Å². The molecule has 26 heavy (non-hydrogen) atoms. The van der Waals surface area contributed by atoms with E-state index in [9.17, 15) is 0 Å². The van der Waals surface area contributed by atoms with Crippen molar-refractivity contribution in [1.29, 1.82) is 0 Å². The molecule has 1 aliphatic heterocycles.